The van der Waals surface area contributed by atoms with E-state index in [4.69, 9.17) is 4.74 Å². The number of morpholine rings is 1. The summed E-state index contributed by atoms with van der Waals surface area (Å²) in [7, 11) is 0.676. The molecule has 192 valence electrons. The van der Waals surface area contributed by atoms with Crippen molar-refractivity contribution < 1.29 is 55.0 Å². The fraction of sp³-hybridized carbons (Fsp3) is 0.667. The van der Waals surface area contributed by atoms with Gasteiger partial charge in [-0.05, 0) is 19.8 Å². The van der Waals surface area contributed by atoms with Gasteiger partial charge in [-0.1, -0.05) is 0 Å². The molecule has 34 heavy (non-hydrogen) atoms. The summed E-state index contributed by atoms with van der Waals surface area (Å²) in [6.07, 6.45) is -9.16. The standard InChI is InChI=1S/C15H18F3N3O4S.C3H3F3O2/c1-10-19-11(8-26-10)12(22)20-6-7-24-14(9-20)2-4-21(5-3-14)25-13(23)15(16,17)18;1-8-2(7)3(4,5)6/h8H,2-7,9H2,1H3;1H3. The molecule has 1 aromatic heterocycles. The molecule has 0 saturated carbocycles. The molecule has 2 saturated heterocycles. The lowest BCUT2D eigenvalue weighted by atomic mass is 9.90. The lowest BCUT2D eigenvalue weighted by molar-refractivity contribution is -0.250. The minimum Gasteiger partial charge on any atom is -0.462 e. The molecule has 0 atom stereocenters. The predicted octanol–water partition coefficient (Wildman–Crippen LogP) is 2.50. The number of thiazole rings is 1. The Hall–Kier alpha value is -2.46. The van der Waals surface area contributed by atoms with E-state index >= 15 is 0 Å². The molecule has 1 spiro atoms. The van der Waals surface area contributed by atoms with Crippen LogP contribution in [0.4, 0.5) is 26.3 Å². The summed E-state index contributed by atoms with van der Waals surface area (Å²) in [6, 6.07) is 0. The van der Waals surface area contributed by atoms with Gasteiger partial charge in [-0.25, -0.2) is 14.6 Å². The molecule has 0 aromatic carbocycles. The van der Waals surface area contributed by atoms with Crippen molar-refractivity contribution in [2.75, 3.05) is 39.9 Å². The van der Waals surface area contributed by atoms with Crippen LogP contribution in [0.2, 0.25) is 0 Å². The molecule has 16 heteroatoms. The Bertz CT molecular complexity index is 882. The van der Waals surface area contributed by atoms with Gasteiger partial charge in [-0.2, -0.15) is 26.3 Å². The molecule has 1 amide bonds. The molecule has 0 N–H and O–H groups in total. The smallest absolute Gasteiger partial charge is 0.462 e. The number of carbonyl (C=O) groups excluding carboxylic acids is 3. The number of piperidine rings is 1. The molecule has 2 aliphatic heterocycles. The van der Waals surface area contributed by atoms with E-state index in [0.717, 1.165) is 10.1 Å². The Balaban J connectivity index is 0.000000440. The third-order valence-corrected chi connectivity index (χ3v) is 5.64. The van der Waals surface area contributed by atoms with E-state index in [0.29, 0.717) is 45.3 Å². The maximum Gasteiger partial charge on any atom is 0.492 e. The van der Waals surface area contributed by atoms with Gasteiger partial charge in [0.15, 0.2) is 0 Å². The van der Waals surface area contributed by atoms with Crippen LogP contribution in [0, 0.1) is 6.92 Å². The summed E-state index contributed by atoms with van der Waals surface area (Å²) in [6.45, 7) is 3.16. The first kappa shape index (κ1) is 27.8. The van der Waals surface area contributed by atoms with Gasteiger partial charge in [0.1, 0.15) is 5.69 Å². The van der Waals surface area contributed by atoms with E-state index in [1.165, 1.54) is 11.3 Å². The summed E-state index contributed by atoms with van der Waals surface area (Å²) in [5, 5.41) is 3.50. The molecule has 0 bridgehead atoms. The largest absolute Gasteiger partial charge is 0.492 e. The van der Waals surface area contributed by atoms with Crippen LogP contribution >= 0.6 is 11.3 Å². The number of hydroxylamine groups is 2. The predicted molar refractivity (Wildman–Crippen MR) is 102 cm³/mol. The quantitative estimate of drug-likeness (QED) is 0.433. The van der Waals surface area contributed by atoms with Crippen LogP contribution in [0.5, 0.6) is 0 Å². The first-order valence-corrected chi connectivity index (χ1v) is 10.6. The Morgan fingerprint density at radius 3 is 2.09 bits per heavy atom. The number of ether oxygens (including phenoxy) is 2. The lowest BCUT2D eigenvalue weighted by Gasteiger charge is -2.46. The van der Waals surface area contributed by atoms with E-state index in [2.05, 4.69) is 14.6 Å². The lowest BCUT2D eigenvalue weighted by Crippen LogP contribution is -2.58. The number of alkyl halides is 6. The molecule has 1 aromatic rings. The second kappa shape index (κ2) is 10.9. The van der Waals surface area contributed by atoms with E-state index < -0.39 is 29.9 Å². The summed E-state index contributed by atoms with van der Waals surface area (Å²) < 4.78 is 79.0. The third kappa shape index (κ3) is 7.53. The zero-order chi connectivity index (χ0) is 25.7. The van der Waals surface area contributed by atoms with Crippen LogP contribution in [0.15, 0.2) is 5.38 Å². The van der Waals surface area contributed by atoms with Gasteiger partial charge in [0, 0.05) is 25.0 Å². The van der Waals surface area contributed by atoms with Crippen molar-refractivity contribution in [3.05, 3.63) is 16.1 Å². The number of nitrogens with zero attached hydrogens (tertiary/aromatic N) is 3. The van der Waals surface area contributed by atoms with Crippen LogP contribution < -0.4 is 0 Å². The van der Waals surface area contributed by atoms with Crippen molar-refractivity contribution in [1.82, 2.24) is 14.9 Å². The monoisotopic (exact) mass is 521 g/mol. The Morgan fingerprint density at radius 2 is 1.65 bits per heavy atom. The Morgan fingerprint density at radius 1 is 1.06 bits per heavy atom. The fourth-order valence-electron chi connectivity index (χ4n) is 3.21. The average Bonchev–Trinajstić information content (AvgIpc) is 3.20. The minimum atomic E-state index is -5.02. The fourth-order valence-corrected chi connectivity index (χ4v) is 3.80. The van der Waals surface area contributed by atoms with Crippen LogP contribution in [-0.2, 0) is 23.9 Å². The molecular weight excluding hydrogens is 500 g/mol. The van der Waals surface area contributed by atoms with Crippen molar-refractivity contribution in [3.63, 3.8) is 0 Å². The number of hydrogen-bond donors (Lipinski definition) is 0. The van der Waals surface area contributed by atoms with E-state index in [-0.39, 0.29) is 19.0 Å². The Kier molecular flexibility index (Phi) is 8.87. The zero-order valence-corrected chi connectivity index (χ0v) is 18.8. The third-order valence-electron chi connectivity index (χ3n) is 4.87. The number of esters is 1. The van der Waals surface area contributed by atoms with Crippen LogP contribution in [0.3, 0.4) is 0 Å². The molecule has 2 aliphatic rings. The first-order chi connectivity index (χ1) is 15.7. The molecular formula is C18H21F6N3O6S. The molecule has 3 heterocycles. The summed E-state index contributed by atoms with van der Waals surface area (Å²) in [4.78, 5) is 43.2. The number of aryl methyl sites for hydroxylation is 1. The van der Waals surface area contributed by atoms with Crippen LogP contribution in [0.25, 0.3) is 0 Å². The number of hydrogen-bond acceptors (Lipinski definition) is 9. The number of methoxy groups -OCH3 is 1. The van der Waals surface area contributed by atoms with Crippen LogP contribution in [0.1, 0.15) is 28.3 Å². The van der Waals surface area contributed by atoms with Gasteiger partial charge >= 0.3 is 24.3 Å². The summed E-state index contributed by atoms with van der Waals surface area (Å²) >= 11 is 1.39. The number of rotatable bonds is 2. The molecule has 0 radical (unpaired) electrons. The van der Waals surface area contributed by atoms with Crippen molar-refractivity contribution in [2.24, 2.45) is 0 Å². The number of amides is 1. The van der Waals surface area contributed by atoms with E-state index in [1.54, 1.807) is 10.3 Å². The van der Waals surface area contributed by atoms with Gasteiger partial charge in [-0.3, -0.25) is 4.79 Å². The molecule has 0 aliphatic carbocycles. The Labute approximate surface area is 193 Å². The van der Waals surface area contributed by atoms with Gasteiger partial charge in [-0.15, -0.1) is 16.4 Å². The molecule has 3 rings (SSSR count). The van der Waals surface area contributed by atoms with Crippen molar-refractivity contribution in [3.8, 4) is 0 Å². The number of halogens is 6. The first-order valence-electron chi connectivity index (χ1n) is 9.71. The highest BCUT2D eigenvalue weighted by Gasteiger charge is 2.46. The van der Waals surface area contributed by atoms with E-state index in [9.17, 15) is 40.7 Å². The highest BCUT2D eigenvalue weighted by molar-refractivity contribution is 7.09. The van der Waals surface area contributed by atoms with Gasteiger partial charge < -0.3 is 19.2 Å². The van der Waals surface area contributed by atoms with Gasteiger partial charge in [0.25, 0.3) is 5.91 Å². The highest BCUT2D eigenvalue weighted by Crippen LogP contribution is 2.31. The van der Waals surface area contributed by atoms with Gasteiger partial charge in [0.05, 0.1) is 30.9 Å². The van der Waals surface area contributed by atoms with Crippen molar-refractivity contribution >= 4 is 29.2 Å². The van der Waals surface area contributed by atoms with Crippen LogP contribution in [-0.4, -0.2) is 90.6 Å². The van der Waals surface area contributed by atoms with Crippen molar-refractivity contribution in [2.45, 2.75) is 37.7 Å². The van der Waals surface area contributed by atoms with Crippen molar-refractivity contribution in [1.29, 1.82) is 0 Å². The van der Waals surface area contributed by atoms with Gasteiger partial charge in [0.2, 0.25) is 0 Å². The highest BCUT2D eigenvalue weighted by atomic mass is 32.1. The summed E-state index contributed by atoms with van der Waals surface area (Å²) in [5.74, 6) is -4.57. The average molecular weight is 521 g/mol. The molecule has 2 fully saturated rings. The second-order valence-corrected chi connectivity index (χ2v) is 8.37. The normalized spacial score (nSPS) is 18.6. The number of carbonyl (C=O) groups is 3. The molecule has 0 unspecified atom stereocenters. The minimum absolute atomic E-state index is 0.111. The topological polar surface area (TPSA) is 98.3 Å². The maximum absolute atomic E-state index is 12.6. The molecule has 9 nitrogen and oxygen atoms in total. The SMILES string of the molecule is COC(=O)C(F)(F)F.Cc1nc(C(=O)N2CCOC3(CCN(OC(=O)C(F)(F)F)CC3)C2)cs1. The maximum atomic E-state index is 12.6. The zero-order valence-electron chi connectivity index (χ0n) is 18.0. The number of aromatic nitrogens is 1. The summed E-state index contributed by atoms with van der Waals surface area (Å²) in [5.41, 5.74) is -0.249. The van der Waals surface area contributed by atoms with E-state index in [1.807, 2.05) is 6.92 Å². The second-order valence-electron chi connectivity index (χ2n) is 7.30.